The second-order valence-electron chi connectivity index (χ2n) is 6.14. The number of hydrogen-bond acceptors (Lipinski definition) is 4. The van der Waals surface area contributed by atoms with E-state index >= 15 is 0 Å². The Kier molecular flexibility index (Phi) is 5.46. The van der Waals surface area contributed by atoms with Gasteiger partial charge in [0.1, 0.15) is 0 Å². The second kappa shape index (κ2) is 7.36. The number of nitrogens with one attached hydrogen (secondary N) is 1. The van der Waals surface area contributed by atoms with Gasteiger partial charge in [0.2, 0.25) is 0 Å². The van der Waals surface area contributed by atoms with Gasteiger partial charge in [-0.25, -0.2) is 0 Å². The highest BCUT2D eigenvalue weighted by molar-refractivity contribution is 6.04. The van der Waals surface area contributed by atoms with Gasteiger partial charge in [0.15, 0.2) is 11.5 Å². The number of anilines is 1. The first-order chi connectivity index (χ1) is 11.4. The fourth-order valence-corrected chi connectivity index (χ4v) is 2.28. The molecule has 1 amide bonds. The minimum Gasteiger partial charge on any atom is -0.493 e. The van der Waals surface area contributed by atoms with Gasteiger partial charge in [0.25, 0.3) is 5.91 Å². The zero-order valence-electron chi connectivity index (χ0n) is 14.4. The van der Waals surface area contributed by atoms with Crippen LogP contribution in [-0.4, -0.2) is 31.8 Å². The van der Waals surface area contributed by atoms with Gasteiger partial charge in [-0.1, -0.05) is 26.0 Å². The molecule has 0 aliphatic carbocycles. The van der Waals surface area contributed by atoms with Crippen LogP contribution in [0, 0.1) is 0 Å². The number of carbonyl (C=O) groups is 1. The van der Waals surface area contributed by atoms with Crippen molar-refractivity contribution in [1.82, 2.24) is 0 Å². The SMILES string of the molecule is COc1ccc(C(=O)Nc2ccc(C(C)(C)CO)cc2)cc1OC. The van der Waals surface area contributed by atoms with Gasteiger partial charge >= 0.3 is 0 Å². The van der Waals surface area contributed by atoms with Crippen LogP contribution >= 0.6 is 0 Å². The van der Waals surface area contributed by atoms with Crippen molar-refractivity contribution in [1.29, 1.82) is 0 Å². The van der Waals surface area contributed by atoms with Gasteiger partial charge in [-0.2, -0.15) is 0 Å². The molecule has 24 heavy (non-hydrogen) atoms. The van der Waals surface area contributed by atoms with Crippen LogP contribution in [0.2, 0.25) is 0 Å². The highest BCUT2D eigenvalue weighted by Gasteiger charge is 2.19. The molecule has 0 aliphatic rings. The van der Waals surface area contributed by atoms with Gasteiger partial charge in [0, 0.05) is 16.7 Å². The lowest BCUT2D eigenvalue weighted by atomic mass is 9.85. The molecule has 0 spiro atoms. The molecule has 0 fully saturated rings. The summed E-state index contributed by atoms with van der Waals surface area (Å²) in [4.78, 5) is 12.4. The number of hydrogen-bond donors (Lipinski definition) is 2. The van der Waals surface area contributed by atoms with Crippen LogP contribution in [0.3, 0.4) is 0 Å². The van der Waals surface area contributed by atoms with Crippen LogP contribution in [0.15, 0.2) is 42.5 Å². The maximum Gasteiger partial charge on any atom is 0.255 e. The lowest BCUT2D eigenvalue weighted by molar-refractivity contribution is 0.102. The summed E-state index contributed by atoms with van der Waals surface area (Å²) in [7, 11) is 3.08. The van der Waals surface area contributed by atoms with Crippen LogP contribution in [0.5, 0.6) is 11.5 Å². The van der Waals surface area contributed by atoms with Gasteiger partial charge in [-0.15, -0.1) is 0 Å². The van der Waals surface area contributed by atoms with Crippen molar-refractivity contribution in [2.75, 3.05) is 26.1 Å². The Morgan fingerprint density at radius 1 is 1.04 bits per heavy atom. The third-order valence-electron chi connectivity index (χ3n) is 3.97. The lowest BCUT2D eigenvalue weighted by Crippen LogP contribution is -2.22. The third-order valence-corrected chi connectivity index (χ3v) is 3.97. The molecular formula is C19H23NO4. The summed E-state index contributed by atoms with van der Waals surface area (Å²) in [6.45, 7) is 3.98. The average Bonchev–Trinajstić information content (AvgIpc) is 2.61. The van der Waals surface area contributed by atoms with Crippen molar-refractivity contribution >= 4 is 11.6 Å². The zero-order valence-corrected chi connectivity index (χ0v) is 14.4. The van der Waals surface area contributed by atoms with Crippen molar-refractivity contribution in [3.8, 4) is 11.5 Å². The Bertz CT molecular complexity index is 708. The van der Waals surface area contributed by atoms with Crippen LogP contribution in [0.25, 0.3) is 0 Å². The van der Waals surface area contributed by atoms with Crippen molar-refractivity contribution in [2.24, 2.45) is 0 Å². The number of carbonyl (C=O) groups excluding carboxylic acids is 1. The molecule has 0 bridgehead atoms. The normalized spacial score (nSPS) is 11.0. The molecule has 0 saturated carbocycles. The van der Waals surface area contributed by atoms with E-state index in [4.69, 9.17) is 9.47 Å². The molecule has 128 valence electrons. The molecule has 0 aliphatic heterocycles. The van der Waals surface area contributed by atoms with E-state index in [1.165, 1.54) is 7.11 Å². The first-order valence-corrected chi connectivity index (χ1v) is 7.66. The molecule has 2 aromatic carbocycles. The molecule has 0 heterocycles. The number of rotatable bonds is 6. The van der Waals surface area contributed by atoms with Gasteiger partial charge in [-0.3, -0.25) is 4.79 Å². The predicted molar refractivity (Wildman–Crippen MR) is 94.1 cm³/mol. The van der Waals surface area contributed by atoms with E-state index in [1.54, 1.807) is 25.3 Å². The fourth-order valence-electron chi connectivity index (χ4n) is 2.28. The fraction of sp³-hybridized carbons (Fsp3) is 0.316. The van der Waals surface area contributed by atoms with Crippen LogP contribution < -0.4 is 14.8 Å². The minimum atomic E-state index is -0.314. The Labute approximate surface area is 142 Å². The van der Waals surface area contributed by atoms with E-state index in [2.05, 4.69) is 5.32 Å². The van der Waals surface area contributed by atoms with Crippen LogP contribution in [0.4, 0.5) is 5.69 Å². The summed E-state index contributed by atoms with van der Waals surface area (Å²) in [5, 5.41) is 12.3. The van der Waals surface area contributed by atoms with Crippen LogP contribution in [0.1, 0.15) is 29.8 Å². The van der Waals surface area contributed by atoms with Gasteiger partial charge in [-0.05, 0) is 35.9 Å². The number of aliphatic hydroxyl groups is 1. The van der Waals surface area contributed by atoms with Crippen molar-refractivity contribution in [3.05, 3.63) is 53.6 Å². The van der Waals surface area contributed by atoms with E-state index in [-0.39, 0.29) is 17.9 Å². The molecular weight excluding hydrogens is 306 g/mol. The zero-order chi connectivity index (χ0) is 17.7. The van der Waals surface area contributed by atoms with E-state index in [0.29, 0.717) is 22.7 Å². The average molecular weight is 329 g/mol. The standard InChI is InChI=1S/C19H23NO4/c1-19(2,12-21)14-6-8-15(9-7-14)20-18(22)13-5-10-16(23-3)17(11-13)24-4/h5-11,21H,12H2,1-4H3,(H,20,22). The van der Waals surface area contributed by atoms with Gasteiger partial charge in [0.05, 0.1) is 20.8 Å². The monoisotopic (exact) mass is 329 g/mol. The molecule has 0 atom stereocenters. The number of aliphatic hydroxyl groups excluding tert-OH is 1. The summed E-state index contributed by atoms with van der Waals surface area (Å²) < 4.78 is 10.4. The first kappa shape index (κ1) is 17.8. The molecule has 2 rings (SSSR count). The van der Waals surface area contributed by atoms with Gasteiger partial charge < -0.3 is 19.9 Å². The van der Waals surface area contributed by atoms with E-state index < -0.39 is 0 Å². The number of benzene rings is 2. The lowest BCUT2D eigenvalue weighted by Gasteiger charge is -2.22. The quantitative estimate of drug-likeness (QED) is 0.854. The summed E-state index contributed by atoms with van der Waals surface area (Å²) >= 11 is 0. The van der Waals surface area contributed by atoms with Crippen LogP contribution in [-0.2, 0) is 5.41 Å². The molecule has 0 aromatic heterocycles. The summed E-state index contributed by atoms with van der Waals surface area (Å²) in [6.07, 6.45) is 0. The third kappa shape index (κ3) is 3.86. The molecule has 2 aromatic rings. The number of amides is 1. The molecule has 0 saturated heterocycles. The molecule has 0 unspecified atom stereocenters. The van der Waals surface area contributed by atoms with Crippen molar-refractivity contribution in [2.45, 2.75) is 19.3 Å². The molecule has 0 radical (unpaired) electrons. The summed E-state index contributed by atoms with van der Waals surface area (Å²) in [5.74, 6) is 0.847. The Hall–Kier alpha value is -2.53. The van der Waals surface area contributed by atoms with Crippen molar-refractivity contribution < 1.29 is 19.4 Å². The second-order valence-corrected chi connectivity index (χ2v) is 6.14. The van der Waals surface area contributed by atoms with E-state index in [0.717, 1.165) is 5.56 Å². The Morgan fingerprint density at radius 3 is 2.21 bits per heavy atom. The molecule has 5 nitrogen and oxygen atoms in total. The highest BCUT2D eigenvalue weighted by atomic mass is 16.5. The minimum absolute atomic E-state index is 0.0599. The maximum atomic E-state index is 12.4. The van der Waals surface area contributed by atoms with Crippen molar-refractivity contribution in [3.63, 3.8) is 0 Å². The largest absolute Gasteiger partial charge is 0.493 e. The summed E-state index contributed by atoms with van der Waals surface area (Å²) in [5.41, 5.74) is 1.86. The topological polar surface area (TPSA) is 67.8 Å². The smallest absolute Gasteiger partial charge is 0.255 e. The molecule has 2 N–H and O–H groups in total. The Morgan fingerprint density at radius 2 is 1.67 bits per heavy atom. The molecule has 5 heteroatoms. The number of methoxy groups -OCH3 is 2. The highest BCUT2D eigenvalue weighted by Crippen LogP contribution is 2.28. The summed E-state index contributed by atoms with van der Waals surface area (Å²) in [6, 6.07) is 12.5. The number of ether oxygens (including phenoxy) is 2. The van der Waals surface area contributed by atoms with E-state index in [9.17, 15) is 9.90 Å². The van der Waals surface area contributed by atoms with E-state index in [1.807, 2.05) is 38.1 Å². The maximum absolute atomic E-state index is 12.4. The predicted octanol–water partition coefficient (Wildman–Crippen LogP) is 3.23. The first-order valence-electron chi connectivity index (χ1n) is 7.66. The Balaban J connectivity index is 2.15.